The van der Waals surface area contributed by atoms with Gasteiger partial charge in [0, 0.05) is 0 Å². The molecule has 0 amide bonds. The minimum absolute atomic E-state index is 0. The smallest absolute Gasteiger partial charge is 4.00 e. The van der Waals surface area contributed by atoms with E-state index in [9.17, 15) is 0 Å². The summed E-state index contributed by atoms with van der Waals surface area (Å²) in [6.07, 6.45) is 0. The van der Waals surface area contributed by atoms with Crippen molar-refractivity contribution in [2.24, 2.45) is 0 Å². The van der Waals surface area contributed by atoms with E-state index in [0.717, 1.165) is 0 Å². The van der Waals surface area contributed by atoms with Gasteiger partial charge in [-0.15, -0.1) is 0 Å². The van der Waals surface area contributed by atoms with Crippen LogP contribution < -0.4 is 74.4 Å². The molecule has 0 unspecified atom stereocenters. The van der Waals surface area contributed by atoms with Crippen molar-refractivity contribution in [3.8, 4) is 0 Å². The van der Waals surface area contributed by atoms with Gasteiger partial charge in [-0.25, -0.2) is 0 Å². The summed E-state index contributed by atoms with van der Waals surface area (Å²) in [5.41, 5.74) is 0. The fourth-order valence-electron chi connectivity index (χ4n) is 0. The number of hydrogen-bond donors (Lipinski definition) is 1. The van der Waals surface area contributed by atoms with E-state index in [0.29, 0.717) is 0 Å². The third-order valence-electron chi connectivity index (χ3n) is 0. The van der Waals surface area contributed by atoms with Gasteiger partial charge in [-0.05, 0) is 0 Å². The molecule has 0 aliphatic carbocycles. The normalized spacial score (nSPS) is 0.778. The molecule has 0 fully saturated rings. The molecule has 1 N–H and O–H groups in total. The van der Waals surface area contributed by atoms with E-state index in [1.165, 1.54) is 16.6 Å². The molecule has 0 rings (SSSR count). The van der Waals surface area contributed by atoms with Crippen LogP contribution in [0.2, 0.25) is 0 Å². The Labute approximate surface area is 120 Å². The maximum Gasteiger partial charge on any atom is 4.00 e. The third-order valence-corrected chi connectivity index (χ3v) is 0. The van der Waals surface area contributed by atoms with Crippen molar-refractivity contribution in [2.45, 2.75) is 0 Å². The zero-order chi connectivity index (χ0) is 2.00. The van der Waals surface area contributed by atoms with Crippen LogP contribution >= 0.6 is 0 Å². The first-order valence-corrected chi connectivity index (χ1v) is 0.775. The predicted octanol–water partition coefficient (Wildman–Crippen LogP) is -18.9. The van der Waals surface area contributed by atoms with E-state index in [4.69, 9.17) is 4.16 Å². The van der Waals surface area contributed by atoms with Gasteiger partial charge in [-0.1, -0.05) is 0 Å². The zero-order valence-corrected chi connectivity index (χ0v) is 11.9. The van der Waals surface area contributed by atoms with Gasteiger partial charge in [0.05, 0.1) is 0 Å². The van der Waals surface area contributed by atoms with Crippen LogP contribution in [-0.2, 0) is 26.2 Å². The van der Waals surface area contributed by atoms with Gasteiger partial charge in [0.15, 0.2) is 0 Å². The maximum absolute atomic E-state index is 6.92. The molecule has 0 heterocycles. The van der Waals surface area contributed by atoms with Gasteiger partial charge in [0.1, 0.15) is 0 Å². The summed E-state index contributed by atoms with van der Waals surface area (Å²) in [5, 5.41) is 0. The average Bonchev–Trinajstić information content (AvgIpc) is 1.00. The zero-order valence-electron chi connectivity index (χ0n) is 3.79. The van der Waals surface area contributed by atoms with Gasteiger partial charge in [-0.2, -0.15) is 0 Å². The van der Waals surface area contributed by atoms with Crippen LogP contribution in [-0.4, -0.2) is 20.8 Å². The SMILES string of the molecule is [Cl-].[Cl-].[Cl-].[Cl-].[Cl-].[Cl-].[OH][Al+2].[Zr+4]. The number of hydrogen-bond acceptors (Lipinski definition) is 1. The summed E-state index contributed by atoms with van der Waals surface area (Å²) < 4.78 is 6.92. The summed E-state index contributed by atoms with van der Waals surface area (Å²) >= 11 is 1.42. The quantitative estimate of drug-likeness (QED) is 0.432. The number of halogens is 6. The van der Waals surface area contributed by atoms with E-state index in [2.05, 4.69) is 0 Å². The molecule has 0 radical (unpaired) electrons. The van der Waals surface area contributed by atoms with Gasteiger partial charge < -0.3 is 74.4 Å². The molecule has 9 heteroatoms. The molecule has 1 nitrogen and oxygen atoms in total. The molecule has 9 heavy (non-hydrogen) atoms. The largest absolute Gasteiger partial charge is 4.00 e. The van der Waals surface area contributed by atoms with Crippen molar-refractivity contribution in [3.63, 3.8) is 0 Å². The summed E-state index contributed by atoms with van der Waals surface area (Å²) in [7, 11) is 0. The molecule has 0 saturated carbocycles. The van der Waals surface area contributed by atoms with E-state index in [-0.39, 0.29) is 101 Å². The Kier molecular flexibility index (Phi) is 1150. The second-order valence-corrected chi connectivity index (χ2v) is 0. The second kappa shape index (κ2) is 117. The standard InChI is InChI=1S/Al.6ClH.H2O.Zr/h;6*1H;1H2;/q+3;;;;;;;;+4/p-7. The van der Waals surface area contributed by atoms with Gasteiger partial charge in [0.2, 0.25) is 0 Å². The number of rotatable bonds is 0. The predicted molar refractivity (Wildman–Crippen MR) is 7.97 cm³/mol. The van der Waals surface area contributed by atoms with Crippen LogP contribution in [0.4, 0.5) is 0 Å². The average molecular weight is 348 g/mol. The monoisotopic (exact) mass is 344 g/mol. The van der Waals surface area contributed by atoms with Crippen molar-refractivity contribution in [2.75, 3.05) is 0 Å². The molecule has 0 spiro atoms. The molecule has 0 aromatic heterocycles. The molecule has 0 saturated heterocycles. The molecule has 0 aromatic carbocycles. The Hall–Kier alpha value is 3.12. The minimum Gasteiger partial charge on any atom is 4.00 e. The molecule has 0 aliphatic rings. The Morgan fingerprint density at radius 1 is 0.556 bits per heavy atom. The van der Waals surface area contributed by atoms with Crippen LogP contribution in [0.5, 0.6) is 0 Å². The van der Waals surface area contributed by atoms with E-state index in [1.807, 2.05) is 0 Å². The van der Waals surface area contributed by atoms with E-state index < -0.39 is 0 Å². The maximum atomic E-state index is 6.92. The Balaban J connectivity index is -0.000000000238. The molecule has 0 bridgehead atoms. The molecule has 0 atom stereocenters. The Bertz CT molecular complexity index is 13.0. The van der Waals surface area contributed by atoms with E-state index >= 15 is 0 Å². The summed E-state index contributed by atoms with van der Waals surface area (Å²) in [6.45, 7) is 0. The first-order chi connectivity index (χ1) is 1.00. The minimum atomic E-state index is 0. The topological polar surface area (TPSA) is 20.2 Å². The van der Waals surface area contributed by atoms with Crippen LogP contribution in [0.3, 0.4) is 0 Å². The van der Waals surface area contributed by atoms with E-state index in [1.54, 1.807) is 0 Å². The summed E-state index contributed by atoms with van der Waals surface area (Å²) in [5.74, 6) is 0. The molecule has 56 valence electrons. The third kappa shape index (κ3) is 95.2. The van der Waals surface area contributed by atoms with Crippen LogP contribution in [0.25, 0.3) is 0 Å². The van der Waals surface area contributed by atoms with Crippen molar-refractivity contribution >= 4 is 16.6 Å². The molecule has 0 aliphatic heterocycles. The first kappa shape index (κ1) is 88.4. The molecule has 0 aromatic rings. The van der Waals surface area contributed by atoms with Crippen molar-refractivity contribution < 1.29 is 105 Å². The fourth-order valence-corrected chi connectivity index (χ4v) is 0. The van der Waals surface area contributed by atoms with Crippen LogP contribution in [0.15, 0.2) is 0 Å². The summed E-state index contributed by atoms with van der Waals surface area (Å²) in [4.78, 5) is 0. The van der Waals surface area contributed by atoms with Gasteiger partial charge >= 0.3 is 47.0 Å². The van der Waals surface area contributed by atoms with Gasteiger partial charge in [-0.3, -0.25) is 0 Å². The first-order valence-electron chi connectivity index (χ1n) is 0.258. The van der Waals surface area contributed by atoms with Crippen LogP contribution in [0.1, 0.15) is 0 Å². The van der Waals surface area contributed by atoms with Crippen molar-refractivity contribution in [3.05, 3.63) is 0 Å². The van der Waals surface area contributed by atoms with Crippen molar-refractivity contribution in [1.82, 2.24) is 0 Å². The van der Waals surface area contributed by atoms with Crippen molar-refractivity contribution in [1.29, 1.82) is 0 Å². The van der Waals surface area contributed by atoms with Gasteiger partial charge in [0.25, 0.3) is 0 Å². The summed E-state index contributed by atoms with van der Waals surface area (Å²) in [6, 6.07) is 0. The van der Waals surface area contributed by atoms with Crippen LogP contribution in [0, 0.1) is 0 Å². The second-order valence-electron chi connectivity index (χ2n) is 0. The molecular weight excluding hydrogens is 347 g/mol. The Morgan fingerprint density at radius 3 is 0.556 bits per heavy atom. The Morgan fingerprint density at radius 2 is 0.556 bits per heavy atom. The fraction of sp³-hybridized carbons (Fsp3) is 0. The molecular formula is HAlCl6OZr.